The summed E-state index contributed by atoms with van der Waals surface area (Å²) in [4.78, 5) is 11.8. The van der Waals surface area contributed by atoms with Gasteiger partial charge in [-0.05, 0) is 17.7 Å². The van der Waals surface area contributed by atoms with E-state index in [0.717, 1.165) is 5.56 Å². The SMILES string of the molecule is C=CC(C(=O)C(C)C)c1ccc(O)cc1. The van der Waals surface area contributed by atoms with Crippen LogP contribution in [0.25, 0.3) is 0 Å². The molecule has 0 spiro atoms. The molecule has 0 aliphatic carbocycles. The number of hydrogen-bond acceptors (Lipinski definition) is 2. The third kappa shape index (κ3) is 2.69. The van der Waals surface area contributed by atoms with Gasteiger partial charge in [0.05, 0.1) is 5.92 Å². The van der Waals surface area contributed by atoms with Gasteiger partial charge in [0.15, 0.2) is 0 Å². The number of Topliss-reactive ketones (excluding diaryl/α,β-unsaturated/α-hetero) is 1. The Morgan fingerprint density at radius 3 is 2.27 bits per heavy atom. The van der Waals surface area contributed by atoms with E-state index in [1.165, 1.54) is 0 Å². The van der Waals surface area contributed by atoms with E-state index >= 15 is 0 Å². The lowest BCUT2D eigenvalue weighted by Gasteiger charge is -2.14. The van der Waals surface area contributed by atoms with Crippen molar-refractivity contribution in [3.05, 3.63) is 42.5 Å². The molecule has 0 aromatic heterocycles. The van der Waals surface area contributed by atoms with E-state index in [0.29, 0.717) is 0 Å². The van der Waals surface area contributed by atoms with Gasteiger partial charge < -0.3 is 5.11 Å². The fourth-order valence-corrected chi connectivity index (χ4v) is 1.46. The first-order chi connectivity index (χ1) is 7.06. The number of rotatable bonds is 4. The number of ketones is 1. The van der Waals surface area contributed by atoms with Gasteiger partial charge in [0, 0.05) is 5.92 Å². The summed E-state index contributed by atoms with van der Waals surface area (Å²) in [6, 6.07) is 6.67. The number of benzene rings is 1. The molecule has 15 heavy (non-hydrogen) atoms. The van der Waals surface area contributed by atoms with Crippen molar-refractivity contribution in [2.45, 2.75) is 19.8 Å². The molecule has 0 aliphatic heterocycles. The Morgan fingerprint density at radius 1 is 1.33 bits per heavy atom. The lowest BCUT2D eigenvalue weighted by atomic mass is 9.89. The lowest BCUT2D eigenvalue weighted by Crippen LogP contribution is -2.16. The van der Waals surface area contributed by atoms with Crippen LogP contribution in [-0.4, -0.2) is 10.9 Å². The van der Waals surface area contributed by atoms with Gasteiger partial charge in [-0.25, -0.2) is 0 Å². The van der Waals surface area contributed by atoms with Crippen LogP contribution in [0.3, 0.4) is 0 Å². The van der Waals surface area contributed by atoms with Crippen molar-refractivity contribution in [3.8, 4) is 5.75 Å². The summed E-state index contributed by atoms with van der Waals surface area (Å²) in [5, 5.41) is 9.15. The van der Waals surface area contributed by atoms with Gasteiger partial charge in [0.1, 0.15) is 11.5 Å². The molecule has 1 aromatic carbocycles. The van der Waals surface area contributed by atoms with Crippen LogP contribution in [-0.2, 0) is 4.79 Å². The third-order valence-corrected chi connectivity index (χ3v) is 2.36. The minimum Gasteiger partial charge on any atom is -0.508 e. The topological polar surface area (TPSA) is 37.3 Å². The Hall–Kier alpha value is -1.57. The first-order valence-electron chi connectivity index (χ1n) is 5.01. The first-order valence-corrected chi connectivity index (χ1v) is 5.01. The summed E-state index contributed by atoms with van der Waals surface area (Å²) in [7, 11) is 0. The number of hydrogen-bond donors (Lipinski definition) is 1. The minimum absolute atomic E-state index is 0.0122. The van der Waals surface area contributed by atoms with Crippen molar-refractivity contribution in [1.82, 2.24) is 0 Å². The summed E-state index contributed by atoms with van der Waals surface area (Å²) >= 11 is 0. The van der Waals surface area contributed by atoms with E-state index in [4.69, 9.17) is 5.11 Å². The maximum absolute atomic E-state index is 11.8. The van der Waals surface area contributed by atoms with Gasteiger partial charge in [0.2, 0.25) is 0 Å². The zero-order valence-corrected chi connectivity index (χ0v) is 9.10. The van der Waals surface area contributed by atoms with Crippen molar-refractivity contribution in [1.29, 1.82) is 0 Å². The van der Waals surface area contributed by atoms with Crippen molar-refractivity contribution >= 4 is 5.78 Å². The number of allylic oxidation sites excluding steroid dienone is 1. The molecule has 0 bridgehead atoms. The number of aromatic hydroxyl groups is 1. The molecule has 0 radical (unpaired) electrons. The Bertz CT molecular complexity index is 349. The van der Waals surface area contributed by atoms with E-state index in [1.54, 1.807) is 30.3 Å². The predicted molar refractivity (Wildman–Crippen MR) is 60.9 cm³/mol. The summed E-state index contributed by atoms with van der Waals surface area (Å²) in [5.41, 5.74) is 0.876. The highest BCUT2D eigenvalue weighted by atomic mass is 16.3. The molecule has 0 fully saturated rings. The second kappa shape index (κ2) is 4.78. The monoisotopic (exact) mass is 204 g/mol. The molecule has 2 nitrogen and oxygen atoms in total. The Morgan fingerprint density at radius 2 is 1.87 bits per heavy atom. The van der Waals surface area contributed by atoms with Gasteiger partial charge in [-0.15, -0.1) is 6.58 Å². The fraction of sp³-hybridized carbons (Fsp3) is 0.308. The Balaban J connectivity index is 2.97. The van der Waals surface area contributed by atoms with Gasteiger partial charge in [-0.2, -0.15) is 0 Å². The number of carbonyl (C=O) groups is 1. The molecule has 1 atom stereocenters. The van der Waals surface area contributed by atoms with E-state index in [2.05, 4.69) is 6.58 Å². The van der Waals surface area contributed by atoms with E-state index in [9.17, 15) is 4.79 Å². The number of phenolic OH excluding ortho intramolecular Hbond substituents is 1. The normalized spacial score (nSPS) is 12.5. The minimum atomic E-state index is -0.273. The molecule has 0 saturated heterocycles. The summed E-state index contributed by atoms with van der Waals surface area (Å²) in [6.07, 6.45) is 1.65. The second-order valence-electron chi connectivity index (χ2n) is 3.86. The Kier molecular flexibility index (Phi) is 3.67. The van der Waals surface area contributed by atoms with Gasteiger partial charge in [-0.1, -0.05) is 32.1 Å². The summed E-state index contributed by atoms with van der Waals surface area (Å²) < 4.78 is 0. The summed E-state index contributed by atoms with van der Waals surface area (Å²) in [5.74, 6) is 0.0710. The van der Waals surface area contributed by atoms with Gasteiger partial charge in [0.25, 0.3) is 0 Å². The van der Waals surface area contributed by atoms with E-state index in [-0.39, 0.29) is 23.4 Å². The van der Waals surface area contributed by atoms with Crippen molar-refractivity contribution in [2.75, 3.05) is 0 Å². The molecule has 0 aliphatic rings. The second-order valence-corrected chi connectivity index (χ2v) is 3.86. The molecule has 80 valence electrons. The molecule has 0 saturated carbocycles. The van der Waals surface area contributed by atoms with Crippen LogP contribution >= 0.6 is 0 Å². The lowest BCUT2D eigenvalue weighted by molar-refractivity contribution is -0.122. The van der Waals surface area contributed by atoms with Crippen molar-refractivity contribution < 1.29 is 9.90 Å². The molecule has 1 unspecified atom stereocenters. The molecule has 1 N–H and O–H groups in total. The molecule has 1 aromatic rings. The molecular formula is C13H16O2. The highest BCUT2D eigenvalue weighted by molar-refractivity contribution is 5.89. The average Bonchev–Trinajstić information content (AvgIpc) is 2.21. The fourth-order valence-electron chi connectivity index (χ4n) is 1.46. The van der Waals surface area contributed by atoms with Crippen molar-refractivity contribution in [2.24, 2.45) is 5.92 Å². The zero-order chi connectivity index (χ0) is 11.4. The smallest absolute Gasteiger partial charge is 0.146 e. The van der Waals surface area contributed by atoms with Crippen LogP contribution in [0, 0.1) is 5.92 Å². The molecule has 0 amide bonds. The predicted octanol–water partition coefficient (Wildman–Crippen LogP) is 2.89. The quantitative estimate of drug-likeness (QED) is 0.766. The largest absolute Gasteiger partial charge is 0.508 e. The van der Waals surface area contributed by atoms with Crippen LogP contribution in [0.15, 0.2) is 36.9 Å². The molecule has 2 heteroatoms. The number of phenols is 1. The molecule has 0 heterocycles. The standard InChI is InChI=1S/C13H16O2/c1-4-12(13(15)9(2)3)10-5-7-11(14)8-6-10/h4-9,12,14H,1H2,2-3H3. The van der Waals surface area contributed by atoms with Gasteiger partial charge in [-0.3, -0.25) is 4.79 Å². The Labute approximate surface area is 90.3 Å². The maximum Gasteiger partial charge on any atom is 0.146 e. The number of carbonyl (C=O) groups excluding carboxylic acids is 1. The van der Waals surface area contributed by atoms with Crippen LogP contribution in [0.4, 0.5) is 0 Å². The average molecular weight is 204 g/mol. The van der Waals surface area contributed by atoms with Crippen LogP contribution in [0.5, 0.6) is 5.75 Å². The van der Waals surface area contributed by atoms with Crippen molar-refractivity contribution in [3.63, 3.8) is 0 Å². The first kappa shape index (κ1) is 11.5. The van der Waals surface area contributed by atoms with Crippen LogP contribution in [0.1, 0.15) is 25.3 Å². The van der Waals surface area contributed by atoms with Crippen LogP contribution < -0.4 is 0 Å². The third-order valence-electron chi connectivity index (χ3n) is 2.36. The van der Waals surface area contributed by atoms with Crippen LogP contribution in [0.2, 0.25) is 0 Å². The zero-order valence-electron chi connectivity index (χ0n) is 9.10. The molecular weight excluding hydrogens is 188 g/mol. The maximum atomic E-state index is 11.8. The van der Waals surface area contributed by atoms with E-state index < -0.39 is 0 Å². The van der Waals surface area contributed by atoms with Gasteiger partial charge >= 0.3 is 0 Å². The van der Waals surface area contributed by atoms with E-state index in [1.807, 2.05) is 13.8 Å². The summed E-state index contributed by atoms with van der Waals surface area (Å²) in [6.45, 7) is 7.43. The highest BCUT2D eigenvalue weighted by Crippen LogP contribution is 2.23. The highest BCUT2D eigenvalue weighted by Gasteiger charge is 2.19. The molecule has 1 rings (SSSR count).